The van der Waals surface area contributed by atoms with Gasteiger partial charge in [-0.25, -0.2) is 4.79 Å². The zero-order valence-electron chi connectivity index (χ0n) is 12.7. The largest absolute Gasteiger partial charge is 0.493 e. The van der Waals surface area contributed by atoms with Gasteiger partial charge in [0.15, 0.2) is 18.2 Å². The maximum absolute atomic E-state index is 12.6. The molecule has 0 aliphatic heterocycles. The first-order valence-corrected chi connectivity index (χ1v) is 6.88. The molecule has 0 aliphatic rings. The first-order valence-electron chi connectivity index (χ1n) is 6.88. The summed E-state index contributed by atoms with van der Waals surface area (Å²) in [7, 11) is 1.48. The van der Waals surface area contributed by atoms with Crippen molar-refractivity contribution in [3.8, 4) is 11.5 Å². The van der Waals surface area contributed by atoms with Gasteiger partial charge in [-0.2, -0.15) is 13.2 Å². The molecule has 2 aromatic carbocycles. The summed E-state index contributed by atoms with van der Waals surface area (Å²) < 4.78 is 48.2. The second-order valence-corrected chi connectivity index (χ2v) is 4.65. The van der Waals surface area contributed by atoms with Crippen molar-refractivity contribution in [2.24, 2.45) is 0 Å². The molecular weight excluding hydrogens is 325 g/mol. The minimum Gasteiger partial charge on any atom is -0.493 e. The van der Waals surface area contributed by atoms with E-state index in [4.69, 9.17) is 9.47 Å². The fourth-order valence-corrected chi connectivity index (χ4v) is 1.87. The molecular formula is C16H15F3N2O3. The van der Waals surface area contributed by atoms with E-state index < -0.39 is 17.8 Å². The number of methoxy groups -OCH3 is 1. The molecule has 5 nitrogen and oxygen atoms in total. The van der Waals surface area contributed by atoms with E-state index in [0.29, 0.717) is 11.5 Å². The predicted molar refractivity (Wildman–Crippen MR) is 82.1 cm³/mol. The highest BCUT2D eigenvalue weighted by atomic mass is 19.4. The zero-order chi connectivity index (χ0) is 17.6. The van der Waals surface area contributed by atoms with Crippen LogP contribution < -0.4 is 20.1 Å². The lowest BCUT2D eigenvalue weighted by Crippen LogP contribution is -2.32. The van der Waals surface area contributed by atoms with Crippen LogP contribution in [0.1, 0.15) is 5.56 Å². The van der Waals surface area contributed by atoms with Crippen LogP contribution in [0.4, 0.5) is 23.7 Å². The Kier molecular flexibility index (Phi) is 5.51. The maximum Gasteiger partial charge on any atom is 0.416 e. The van der Waals surface area contributed by atoms with Crippen molar-refractivity contribution in [2.45, 2.75) is 6.18 Å². The van der Waals surface area contributed by atoms with Crippen molar-refractivity contribution in [2.75, 3.05) is 19.2 Å². The number of hydrogen-bond acceptors (Lipinski definition) is 3. The fraction of sp³-hybridized carbons (Fsp3) is 0.188. The number of alkyl halides is 3. The van der Waals surface area contributed by atoms with Gasteiger partial charge in [0.25, 0.3) is 0 Å². The summed E-state index contributed by atoms with van der Waals surface area (Å²) in [5.41, 5.74) is -0.815. The number of halogens is 3. The smallest absolute Gasteiger partial charge is 0.416 e. The standard InChI is InChI=1S/C16H15F3N2O3/c1-23-13-7-2-3-8-14(13)24-10-20-15(22)21-12-6-4-5-11(9-12)16(17,18)19/h2-9H,10H2,1H3,(H2,20,21,22). The summed E-state index contributed by atoms with van der Waals surface area (Å²) >= 11 is 0. The van der Waals surface area contributed by atoms with E-state index in [1.807, 2.05) is 0 Å². The summed E-state index contributed by atoms with van der Waals surface area (Å²) in [6.45, 7) is -0.175. The van der Waals surface area contributed by atoms with E-state index >= 15 is 0 Å². The Morgan fingerprint density at radius 2 is 1.79 bits per heavy atom. The number of nitrogens with one attached hydrogen (secondary N) is 2. The molecule has 2 rings (SSSR count). The van der Waals surface area contributed by atoms with Crippen LogP contribution in [-0.4, -0.2) is 19.9 Å². The topological polar surface area (TPSA) is 59.6 Å². The third-order valence-electron chi connectivity index (χ3n) is 2.98. The second-order valence-electron chi connectivity index (χ2n) is 4.65. The van der Waals surface area contributed by atoms with Gasteiger partial charge >= 0.3 is 12.2 Å². The van der Waals surface area contributed by atoms with Crippen LogP contribution in [0.2, 0.25) is 0 Å². The highest BCUT2D eigenvalue weighted by Crippen LogP contribution is 2.30. The lowest BCUT2D eigenvalue weighted by atomic mass is 10.2. The van der Waals surface area contributed by atoms with Gasteiger partial charge in [-0.3, -0.25) is 0 Å². The summed E-state index contributed by atoms with van der Waals surface area (Å²) in [4.78, 5) is 11.7. The van der Waals surface area contributed by atoms with Crippen LogP contribution >= 0.6 is 0 Å². The molecule has 0 heterocycles. The van der Waals surface area contributed by atoms with E-state index in [1.165, 1.54) is 19.2 Å². The second kappa shape index (κ2) is 7.58. The summed E-state index contributed by atoms with van der Waals surface area (Å²) in [6.07, 6.45) is -4.47. The molecule has 0 atom stereocenters. The predicted octanol–water partition coefficient (Wildman–Crippen LogP) is 3.87. The molecule has 0 fully saturated rings. The third kappa shape index (κ3) is 4.80. The number of rotatable bonds is 5. The van der Waals surface area contributed by atoms with E-state index in [2.05, 4.69) is 10.6 Å². The quantitative estimate of drug-likeness (QED) is 0.812. The zero-order valence-corrected chi connectivity index (χ0v) is 12.7. The van der Waals surface area contributed by atoms with Crippen LogP contribution in [0.5, 0.6) is 11.5 Å². The van der Waals surface area contributed by atoms with Crippen molar-refractivity contribution in [3.63, 3.8) is 0 Å². The molecule has 24 heavy (non-hydrogen) atoms. The van der Waals surface area contributed by atoms with Gasteiger partial charge in [0.2, 0.25) is 0 Å². The minimum atomic E-state index is -4.47. The Morgan fingerprint density at radius 3 is 2.46 bits per heavy atom. The summed E-state index contributed by atoms with van der Waals surface area (Å²) in [5, 5.41) is 4.69. The summed E-state index contributed by atoms with van der Waals surface area (Å²) in [6, 6.07) is 10.5. The highest BCUT2D eigenvalue weighted by Gasteiger charge is 2.30. The number of carbonyl (C=O) groups is 1. The third-order valence-corrected chi connectivity index (χ3v) is 2.98. The van der Waals surface area contributed by atoms with Crippen LogP contribution in [-0.2, 0) is 6.18 Å². The van der Waals surface area contributed by atoms with E-state index in [0.717, 1.165) is 12.1 Å². The lowest BCUT2D eigenvalue weighted by molar-refractivity contribution is -0.137. The normalized spacial score (nSPS) is 10.8. The number of ether oxygens (including phenoxy) is 2. The van der Waals surface area contributed by atoms with Crippen molar-refractivity contribution in [3.05, 3.63) is 54.1 Å². The lowest BCUT2D eigenvalue weighted by Gasteiger charge is -2.12. The number of benzene rings is 2. The van der Waals surface area contributed by atoms with E-state index in [1.54, 1.807) is 24.3 Å². The molecule has 2 aromatic rings. The number of hydrogen-bond donors (Lipinski definition) is 2. The fourth-order valence-electron chi connectivity index (χ4n) is 1.87. The highest BCUT2D eigenvalue weighted by molar-refractivity contribution is 5.89. The molecule has 8 heteroatoms. The molecule has 0 radical (unpaired) electrons. The Hall–Kier alpha value is -2.90. The number of anilines is 1. The van der Waals surface area contributed by atoms with Gasteiger partial charge in [-0.05, 0) is 30.3 Å². The van der Waals surface area contributed by atoms with Crippen molar-refractivity contribution in [1.29, 1.82) is 0 Å². The van der Waals surface area contributed by atoms with Gasteiger partial charge in [0.05, 0.1) is 12.7 Å². The van der Waals surface area contributed by atoms with E-state index in [-0.39, 0.29) is 12.4 Å². The molecule has 0 aromatic heterocycles. The molecule has 2 amide bonds. The monoisotopic (exact) mass is 340 g/mol. The van der Waals surface area contributed by atoms with Gasteiger partial charge in [0.1, 0.15) is 0 Å². The Balaban J connectivity index is 1.88. The molecule has 0 bridgehead atoms. The molecule has 0 saturated carbocycles. The van der Waals surface area contributed by atoms with Crippen LogP contribution in [0.3, 0.4) is 0 Å². The van der Waals surface area contributed by atoms with Crippen LogP contribution in [0.25, 0.3) is 0 Å². The van der Waals surface area contributed by atoms with Crippen molar-refractivity contribution >= 4 is 11.7 Å². The number of amides is 2. The molecule has 0 unspecified atom stereocenters. The summed E-state index contributed by atoms with van der Waals surface area (Å²) in [5.74, 6) is 0.928. The van der Waals surface area contributed by atoms with Crippen LogP contribution in [0, 0.1) is 0 Å². The van der Waals surface area contributed by atoms with Gasteiger partial charge < -0.3 is 20.1 Å². The maximum atomic E-state index is 12.6. The van der Waals surface area contributed by atoms with Gasteiger partial charge in [-0.15, -0.1) is 0 Å². The SMILES string of the molecule is COc1ccccc1OCNC(=O)Nc1cccc(C(F)(F)F)c1. The molecule has 0 saturated heterocycles. The van der Waals surface area contributed by atoms with Crippen molar-refractivity contribution < 1.29 is 27.4 Å². The molecule has 0 aliphatic carbocycles. The Morgan fingerprint density at radius 1 is 1.08 bits per heavy atom. The minimum absolute atomic E-state index is 0.0274. The number of para-hydroxylation sites is 2. The Labute approximate surface area is 136 Å². The first kappa shape index (κ1) is 17.5. The average Bonchev–Trinajstić information content (AvgIpc) is 2.55. The van der Waals surface area contributed by atoms with E-state index in [9.17, 15) is 18.0 Å². The Bertz CT molecular complexity index is 705. The average molecular weight is 340 g/mol. The van der Waals surface area contributed by atoms with Gasteiger partial charge in [0, 0.05) is 5.69 Å². The number of urea groups is 1. The van der Waals surface area contributed by atoms with Crippen LogP contribution in [0.15, 0.2) is 48.5 Å². The number of carbonyl (C=O) groups excluding carboxylic acids is 1. The molecule has 2 N–H and O–H groups in total. The molecule has 128 valence electrons. The first-order chi connectivity index (χ1) is 11.4. The molecule has 0 spiro atoms. The van der Waals surface area contributed by atoms with Gasteiger partial charge in [-0.1, -0.05) is 18.2 Å². The van der Waals surface area contributed by atoms with Crippen molar-refractivity contribution in [1.82, 2.24) is 5.32 Å².